The van der Waals surface area contributed by atoms with E-state index in [9.17, 15) is 14.4 Å². The standard InChI is InChI=1S/C13H20N2O4/c1-2-3-11(16)14-5-4-10(8-14)15-7-9(13(18)19)6-12(15)17/h9-10H,2-8H2,1H3,(H,18,19). The third kappa shape index (κ3) is 2.88. The molecule has 2 heterocycles. The first-order valence-electron chi connectivity index (χ1n) is 6.83. The summed E-state index contributed by atoms with van der Waals surface area (Å²) in [5.41, 5.74) is 0. The van der Waals surface area contributed by atoms with Gasteiger partial charge in [0, 0.05) is 32.5 Å². The number of carbonyl (C=O) groups excluding carboxylic acids is 2. The van der Waals surface area contributed by atoms with Crippen LogP contribution in [0.3, 0.4) is 0 Å². The fourth-order valence-corrected chi connectivity index (χ4v) is 2.84. The van der Waals surface area contributed by atoms with Crippen molar-refractivity contribution < 1.29 is 19.5 Å². The summed E-state index contributed by atoms with van der Waals surface area (Å²) in [6.45, 7) is 3.48. The monoisotopic (exact) mass is 268 g/mol. The molecule has 0 aromatic carbocycles. The molecule has 0 aliphatic carbocycles. The number of hydrogen-bond acceptors (Lipinski definition) is 3. The van der Waals surface area contributed by atoms with E-state index in [0.717, 1.165) is 12.8 Å². The third-order valence-corrected chi connectivity index (χ3v) is 3.93. The van der Waals surface area contributed by atoms with Gasteiger partial charge in [-0.05, 0) is 12.8 Å². The van der Waals surface area contributed by atoms with Crippen LogP contribution in [0.15, 0.2) is 0 Å². The molecule has 2 rings (SSSR count). The van der Waals surface area contributed by atoms with Gasteiger partial charge < -0.3 is 14.9 Å². The van der Waals surface area contributed by atoms with Gasteiger partial charge in [0.25, 0.3) is 0 Å². The lowest BCUT2D eigenvalue weighted by atomic mass is 10.1. The number of aliphatic carboxylic acids is 1. The van der Waals surface area contributed by atoms with Gasteiger partial charge in [-0.15, -0.1) is 0 Å². The number of carbonyl (C=O) groups is 3. The van der Waals surface area contributed by atoms with Crippen LogP contribution >= 0.6 is 0 Å². The number of hydrogen-bond donors (Lipinski definition) is 1. The molecule has 106 valence electrons. The Balaban J connectivity index is 1.92. The van der Waals surface area contributed by atoms with E-state index in [1.807, 2.05) is 6.92 Å². The minimum atomic E-state index is -0.909. The normalized spacial score (nSPS) is 27.1. The van der Waals surface area contributed by atoms with Gasteiger partial charge in [-0.25, -0.2) is 0 Å². The summed E-state index contributed by atoms with van der Waals surface area (Å²) in [6.07, 6.45) is 2.21. The maximum absolute atomic E-state index is 11.8. The zero-order valence-electron chi connectivity index (χ0n) is 11.2. The highest BCUT2D eigenvalue weighted by molar-refractivity contribution is 5.86. The Morgan fingerprint density at radius 1 is 1.37 bits per heavy atom. The first kappa shape index (κ1) is 13.8. The molecule has 0 aromatic rings. The second-order valence-corrected chi connectivity index (χ2v) is 5.32. The number of rotatable bonds is 4. The third-order valence-electron chi connectivity index (χ3n) is 3.93. The highest BCUT2D eigenvalue weighted by atomic mass is 16.4. The molecular formula is C13H20N2O4. The van der Waals surface area contributed by atoms with Crippen molar-refractivity contribution in [3.05, 3.63) is 0 Å². The maximum atomic E-state index is 11.8. The number of carboxylic acid groups (broad SMARTS) is 1. The smallest absolute Gasteiger partial charge is 0.308 e. The first-order valence-corrected chi connectivity index (χ1v) is 6.83. The molecule has 6 nitrogen and oxygen atoms in total. The van der Waals surface area contributed by atoms with E-state index in [1.165, 1.54) is 0 Å². The predicted octanol–water partition coefficient (Wildman–Crippen LogP) is 0.321. The van der Waals surface area contributed by atoms with Crippen LogP contribution in [-0.4, -0.2) is 58.4 Å². The van der Waals surface area contributed by atoms with Gasteiger partial charge in [-0.2, -0.15) is 0 Å². The molecule has 0 spiro atoms. The lowest BCUT2D eigenvalue weighted by molar-refractivity contribution is -0.141. The number of carboxylic acids is 1. The lowest BCUT2D eigenvalue weighted by Crippen LogP contribution is -2.40. The summed E-state index contributed by atoms with van der Waals surface area (Å²) < 4.78 is 0. The van der Waals surface area contributed by atoms with Crippen LogP contribution in [0.1, 0.15) is 32.6 Å². The van der Waals surface area contributed by atoms with Crippen molar-refractivity contribution in [1.82, 2.24) is 9.80 Å². The van der Waals surface area contributed by atoms with Crippen molar-refractivity contribution in [1.29, 1.82) is 0 Å². The average molecular weight is 268 g/mol. The van der Waals surface area contributed by atoms with Crippen LogP contribution in [0.2, 0.25) is 0 Å². The van der Waals surface area contributed by atoms with E-state index in [1.54, 1.807) is 9.80 Å². The molecule has 0 radical (unpaired) electrons. The molecule has 2 amide bonds. The zero-order valence-corrected chi connectivity index (χ0v) is 11.2. The summed E-state index contributed by atoms with van der Waals surface area (Å²) in [5, 5.41) is 8.96. The van der Waals surface area contributed by atoms with Crippen LogP contribution in [-0.2, 0) is 14.4 Å². The number of amides is 2. The Hall–Kier alpha value is -1.59. The molecule has 2 aliphatic heterocycles. The molecule has 2 saturated heterocycles. The maximum Gasteiger partial charge on any atom is 0.308 e. The second kappa shape index (κ2) is 5.59. The van der Waals surface area contributed by atoms with Crippen molar-refractivity contribution in [3.63, 3.8) is 0 Å². The largest absolute Gasteiger partial charge is 0.481 e. The molecule has 1 N–H and O–H groups in total. The molecule has 0 aromatic heterocycles. The lowest BCUT2D eigenvalue weighted by Gasteiger charge is -2.24. The van der Waals surface area contributed by atoms with Crippen molar-refractivity contribution in [2.75, 3.05) is 19.6 Å². The van der Waals surface area contributed by atoms with Gasteiger partial charge >= 0.3 is 5.97 Å². The second-order valence-electron chi connectivity index (χ2n) is 5.32. The van der Waals surface area contributed by atoms with E-state index in [-0.39, 0.29) is 30.8 Å². The first-order chi connectivity index (χ1) is 9.02. The summed E-state index contributed by atoms with van der Waals surface area (Å²) >= 11 is 0. The van der Waals surface area contributed by atoms with Gasteiger partial charge in [-0.1, -0.05) is 6.92 Å². The van der Waals surface area contributed by atoms with Crippen molar-refractivity contribution in [2.45, 2.75) is 38.6 Å². The summed E-state index contributed by atoms with van der Waals surface area (Å²) in [5.74, 6) is -1.46. The Morgan fingerprint density at radius 2 is 2.11 bits per heavy atom. The molecule has 0 bridgehead atoms. The van der Waals surface area contributed by atoms with Crippen LogP contribution in [0.25, 0.3) is 0 Å². The van der Waals surface area contributed by atoms with E-state index in [4.69, 9.17) is 5.11 Å². The molecule has 6 heteroatoms. The van der Waals surface area contributed by atoms with Gasteiger partial charge in [0.1, 0.15) is 0 Å². The minimum absolute atomic E-state index is 0.00217. The van der Waals surface area contributed by atoms with E-state index >= 15 is 0 Å². The molecule has 0 saturated carbocycles. The summed E-state index contributed by atoms with van der Waals surface area (Å²) in [4.78, 5) is 38.0. The molecule has 2 unspecified atom stereocenters. The Bertz CT molecular complexity index is 396. The summed E-state index contributed by atoms with van der Waals surface area (Å²) in [7, 11) is 0. The van der Waals surface area contributed by atoms with Crippen molar-refractivity contribution in [3.8, 4) is 0 Å². The molecule has 2 atom stereocenters. The number of nitrogens with zero attached hydrogens (tertiary/aromatic N) is 2. The van der Waals surface area contributed by atoms with E-state index in [2.05, 4.69) is 0 Å². The van der Waals surface area contributed by atoms with Crippen LogP contribution in [0.5, 0.6) is 0 Å². The molecule has 19 heavy (non-hydrogen) atoms. The van der Waals surface area contributed by atoms with Crippen molar-refractivity contribution in [2.24, 2.45) is 5.92 Å². The average Bonchev–Trinajstić information content (AvgIpc) is 2.95. The van der Waals surface area contributed by atoms with Gasteiger partial charge in [0.15, 0.2) is 0 Å². The van der Waals surface area contributed by atoms with Crippen molar-refractivity contribution >= 4 is 17.8 Å². The molecular weight excluding hydrogens is 248 g/mol. The van der Waals surface area contributed by atoms with Gasteiger partial charge in [0.2, 0.25) is 11.8 Å². The van der Waals surface area contributed by atoms with Crippen LogP contribution in [0.4, 0.5) is 0 Å². The Kier molecular flexibility index (Phi) is 4.07. The zero-order chi connectivity index (χ0) is 14.0. The topological polar surface area (TPSA) is 77.9 Å². The fraction of sp³-hybridized carbons (Fsp3) is 0.769. The highest BCUT2D eigenvalue weighted by Gasteiger charge is 2.40. The Labute approximate surface area is 112 Å². The minimum Gasteiger partial charge on any atom is -0.481 e. The SMILES string of the molecule is CCCC(=O)N1CCC(N2CC(C(=O)O)CC2=O)C1. The predicted molar refractivity (Wildman–Crippen MR) is 67.3 cm³/mol. The fourth-order valence-electron chi connectivity index (χ4n) is 2.84. The van der Waals surface area contributed by atoms with Gasteiger partial charge in [0.05, 0.1) is 12.0 Å². The van der Waals surface area contributed by atoms with E-state index in [0.29, 0.717) is 19.5 Å². The summed E-state index contributed by atoms with van der Waals surface area (Å²) in [6, 6.07) is -0.00217. The molecule has 2 fully saturated rings. The number of likely N-dealkylation sites (tertiary alicyclic amines) is 2. The molecule has 2 aliphatic rings. The van der Waals surface area contributed by atoms with Gasteiger partial charge in [-0.3, -0.25) is 14.4 Å². The van der Waals surface area contributed by atoms with Crippen LogP contribution in [0, 0.1) is 5.92 Å². The van der Waals surface area contributed by atoms with Crippen LogP contribution < -0.4 is 0 Å². The quantitative estimate of drug-likeness (QED) is 0.796. The highest BCUT2D eigenvalue weighted by Crippen LogP contribution is 2.25. The van der Waals surface area contributed by atoms with E-state index < -0.39 is 11.9 Å². The Morgan fingerprint density at radius 3 is 2.68 bits per heavy atom.